The zero-order chi connectivity index (χ0) is 14.1. The smallest absolute Gasteiger partial charge is 0.262 e. The van der Waals surface area contributed by atoms with Gasteiger partial charge in [0.25, 0.3) is 5.56 Å². The molecule has 20 heavy (non-hydrogen) atoms. The van der Waals surface area contributed by atoms with Crippen molar-refractivity contribution in [2.75, 3.05) is 0 Å². The van der Waals surface area contributed by atoms with Gasteiger partial charge in [0, 0.05) is 29.0 Å². The Morgan fingerprint density at radius 1 is 1.30 bits per heavy atom. The van der Waals surface area contributed by atoms with Crippen LogP contribution in [-0.4, -0.2) is 14.4 Å². The Morgan fingerprint density at radius 2 is 2.15 bits per heavy atom. The van der Waals surface area contributed by atoms with Crippen molar-refractivity contribution in [2.45, 2.75) is 13.8 Å². The molecule has 3 heterocycles. The quantitative estimate of drug-likeness (QED) is 0.726. The number of rotatable bonds is 2. The predicted octanol–water partition coefficient (Wildman–Crippen LogP) is 2.94. The number of hydrogen-bond acceptors (Lipinski definition) is 4. The number of hydrogen-bond donors (Lipinski definition) is 0. The third kappa shape index (κ3) is 2.16. The van der Waals surface area contributed by atoms with Crippen molar-refractivity contribution in [3.8, 4) is 0 Å². The van der Waals surface area contributed by atoms with Crippen molar-refractivity contribution in [2.24, 2.45) is 0 Å². The molecule has 0 N–H and O–H groups in total. The third-order valence-electron chi connectivity index (χ3n) is 3.12. The Balaban J connectivity index is 2.11. The van der Waals surface area contributed by atoms with Gasteiger partial charge in [-0.3, -0.25) is 14.2 Å². The molecule has 0 aliphatic rings. The van der Waals surface area contributed by atoms with E-state index in [1.165, 1.54) is 11.3 Å². The first-order chi connectivity index (χ1) is 9.66. The Labute approximate surface area is 120 Å². The molecule has 0 aliphatic heterocycles. The van der Waals surface area contributed by atoms with Gasteiger partial charge in [-0.05, 0) is 31.6 Å². The zero-order valence-corrected chi connectivity index (χ0v) is 12.0. The first-order valence-corrected chi connectivity index (χ1v) is 7.10. The standard InChI is InChI=1S/C15H13N3OS/c1-10-9-20-15-17-13(11(2)14(19)18(10)15)6-5-12-4-3-7-16-8-12/h3-9H,1-2H3/b6-5+. The largest absolute Gasteiger partial charge is 0.269 e. The van der Waals surface area contributed by atoms with E-state index in [0.717, 1.165) is 16.2 Å². The average Bonchev–Trinajstić information content (AvgIpc) is 2.84. The number of fused-ring (bicyclic) bond motifs is 1. The Hall–Kier alpha value is -2.27. The van der Waals surface area contributed by atoms with Crippen LogP contribution in [0.15, 0.2) is 34.7 Å². The van der Waals surface area contributed by atoms with E-state index in [4.69, 9.17) is 0 Å². The Morgan fingerprint density at radius 3 is 2.90 bits per heavy atom. The molecule has 0 saturated carbocycles. The number of thiazole rings is 1. The number of nitrogens with zero attached hydrogens (tertiary/aromatic N) is 3. The fourth-order valence-electron chi connectivity index (χ4n) is 1.99. The van der Waals surface area contributed by atoms with E-state index in [-0.39, 0.29) is 5.56 Å². The van der Waals surface area contributed by atoms with E-state index >= 15 is 0 Å². The minimum Gasteiger partial charge on any atom is -0.269 e. The van der Waals surface area contributed by atoms with Crippen LogP contribution in [0.25, 0.3) is 17.1 Å². The van der Waals surface area contributed by atoms with Crippen LogP contribution in [0.4, 0.5) is 0 Å². The average molecular weight is 283 g/mol. The van der Waals surface area contributed by atoms with E-state index in [1.54, 1.807) is 16.8 Å². The highest BCUT2D eigenvalue weighted by Crippen LogP contribution is 2.15. The van der Waals surface area contributed by atoms with Gasteiger partial charge < -0.3 is 0 Å². The molecule has 100 valence electrons. The van der Waals surface area contributed by atoms with Crippen LogP contribution in [0.5, 0.6) is 0 Å². The molecule has 0 unspecified atom stereocenters. The lowest BCUT2D eigenvalue weighted by Crippen LogP contribution is -2.18. The topological polar surface area (TPSA) is 47.3 Å². The molecule has 4 nitrogen and oxygen atoms in total. The molecular weight excluding hydrogens is 270 g/mol. The molecule has 0 spiro atoms. The highest BCUT2D eigenvalue weighted by Gasteiger charge is 2.09. The van der Waals surface area contributed by atoms with E-state index in [0.29, 0.717) is 11.3 Å². The van der Waals surface area contributed by atoms with Gasteiger partial charge in [-0.2, -0.15) is 0 Å². The molecule has 3 aromatic heterocycles. The zero-order valence-electron chi connectivity index (χ0n) is 11.2. The molecular formula is C15H13N3OS. The van der Waals surface area contributed by atoms with Gasteiger partial charge in [-0.25, -0.2) is 4.98 Å². The van der Waals surface area contributed by atoms with E-state index in [1.807, 2.05) is 43.5 Å². The summed E-state index contributed by atoms with van der Waals surface area (Å²) in [5, 5.41) is 1.94. The molecule has 0 fully saturated rings. The molecule has 0 aromatic carbocycles. The van der Waals surface area contributed by atoms with Crippen LogP contribution in [0.1, 0.15) is 22.5 Å². The molecule has 0 radical (unpaired) electrons. The van der Waals surface area contributed by atoms with Gasteiger partial charge in [-0.15, -0.1) is 11.3 Å². The van der Waals surface area contributed by atoms with E-state index < -0.39 is 0 Å². The summed E-state index contributed by atoms with van der Waals surface area (Å²) in [7, 11) is 0. The molecule has 3 aromatic rings. The second-order valence-corrected chi connectivity index (χ2v) is 5.38. The lowest BCUT2D eigenvalue weighted by atomic mass is 10.2. The van der Waals surface area contributed by atoms with Gasteiger partial charge in [0.2, 0.25) is 0 Å². The normalized spacial score (nSPS) is 11.5. The maximum absolute atomic E-state index is 12.3. The fourth-order valence-corrected chi connectivity index (χ4v) is 2.86. The van der Waals surface area contributed by atoms with Crippen molar-refractivity contribution in [3.05, 3.63) is 62.8 Å². The van der Waals surface area contributed by atoms with Gasteiger partial charge in [-0.1, -0.05) is 12.1 Å². The highest BCUT2D eigenvalue weighted by atomic mass is 32.1. The van der Waals surface area contributed by atoms with E-state index in [2.05, 4.69) is 9.97 Å². The van der Waals surface area contributed by atoms with Crippen LogP contribution >= 0.6 is 11.3 Å². The van der Waals surface area contributed by atoms with Gasteiger partial charge in [0.05, 0.1) is 5.69 Å². The maximum atomic E-state index is 12.3. The Bertz CT molecular complexity index is 847. The van der Waals surface area contributed by atoms with Crippen LogP contribution in [-0.2, 0) is 0 Å². The van der Waals surface area contributed by atoms with Crippen molar-refractivity contribution in [1.82, 2.24) is 14.4 Å². The second kappa shape index (κ2) is 5.02. The minimum absolute atomic E-state index is 0.000383. The number of aryl methyl sites for hydroxylation is 1. The number of aromatic nitrogens is 3. The molecule has 3 rings (SSSR count). The first-order valence-electron chi connectivity index (χ1n) is 6.22. The molecule has 0 bridgehead atoms. The molecule has 0 saturated heterocycles. The van der Waals surface area contributed by atoms with Crippen LogP contribution in [0.2, 0.25) is 0 Å². The van der Waals surface area contributed by atoms with Gasteiger partial charge in [0.15, 0.2) is 4.96 Å². The number of pyridine rings is 1. The molecule has 5 heteroatoms. The van der Waals surface area contributed by atoms with Crippen molar-refractivity contribution >= 4 is 28.4 Å². The van der Waals surface area contributed by atoms with Crippen molar-refractivity contribution in [1.29, 1.82) is 0 Å². The summed E-state index contributed by atoms with van der Waals surface area (Å²) in [6.45, 7) is 3.72. The summed E-state index contributed by atoms with van der Waals surface area (Å²) in [6, 6.07) is 3.83. The molecule has 0 amide bonds. The summed E-state index contributed by atoms with van der Waals surface area (Å²) < 4.78 is 1.65. The fraction of sp³-hybridized carbons (Fsp3) is 0.133. The van der Waals surface area contributed by atoms with Crippen LogP contribution < -0.4 is 5.56 Å². The van der Waals surface area contributed by atoms with Crippen LogP contribution in [0.3, 0.4) is 0 Å². The molecule has 0 aliphatic carbocycles. The molecule has 0 atom stereocenters. The van der Waals surface area contributed by atoms with Crippen molar-refractivity contribution < 1.29 is 0 Å². The predicted molar refractivity (Wildman–Crippen MR) is 82.0 cm³/mol. The maximum Gasteiger partial charge on any atom is 0.262 e. The van der Waals surface area contributed by atoms with E-state index in [9.17, 15) is 4.79 Å². The van der Waals surface area contributed by atoms with Crippen molar-refractivity contribution in [3.63, 3.8) is 0 Å². The summed E-state index contributed by atoms with van der Waals surface area (Å²) in [5.41, 5.74) is 3.27. The summed E-state index contributed by atoms with van der Waals surface area (Å²) in [6.07, 6.45) is 7.28. The summed E-state index contributed by atoms with van der Waals surface area (Å²) in [5.74, 6) is 0. The lowest BCUT2D eigenvalue weighted by molar-refractivity contribution is 0.991. The Kier molecular flexibility index (Phi) is 3.20. The summed E-state index contributed by atoms with van der Waals surface area (Å²) >= 11 is 1.48. The van der Waals surface area contributed by atoms with Crippen LogP contribution in [0, 0.1) is 13.8 Å². The van der Waals surface area contributed by atoms with Gasteiger partial charge >= 0.3 is 0 Å². The monoisotopic (exact) mass is 283 g/mol. The second-order valence-electron chi connectivity index (χ2n) is 4.54. The highest BCUT2D eigenvalue weighted by molar-refractivity contribution is 7.15. The van der Waals surface area contributed by atoms with Gasteiger partial charge in [0.1, 0.15) is 0 Å². The summed E-state index contributed by atoms with van der Waals surface area (Å²) in [4.78, 5) is 21.7. The third-order valence-corrected chi connectivity index (χ3v) is 4.06. The lowest BCUT2D eigenvalue weighted by Gasteiger charge is -2.02. The first kappa shape index (κ1) is 12.7. The SMILES string of the molecule is Cc1c(/C=C/c2cccnc2)nc2scc(C)n2c1=O. The minimum atomic E-state index is -0.000383.